The van der Waals surface area contributed by atoms with Gasteiger partial charge in [-0.15, -0.1) is 0 Å². The van der Waals surface area contributed by atoms with Crippen molar-refractivity contribution >= 4 is 5.97 Å². The van der Waals surface area contributed by atoms with Crippen LogP contribution in [-0.2, 0) is 23.7 Å². The average Bonchev–Trinajstić information content (AvgIpc) is 3.20. The van der Waals surface area contributed by atoms with E-state index in [9.17, 15) is 9.90 Å². The van der Waals surface area contributed by atoms with E-state index >= 15 is 0 Å². The summed E-state index contributed by atoms with van der Waals surface area (Å²) in [4.78, 5) is 11.9. The maximum absolute atomic E-state index is 11.9. The Balaban J connectivity index is 1.18. The molecule has 6 nitrogen and oxygen atoms in total. The minimum Gasteiger partial charge on any atom is -0.462 e. The molecule has 1 aliphatic carbocycles. The van der Waals surface area contributed by atoms with Crippen molar-refractivity contribution in [3.8, 4) is 0 Å². The van der Waals surface area contributed by atoms with Crippen molar-refractivity contribution in [1.29, 1.82) is 0 Å². The number of cyclic esters (lactones) is 1. The number of aliphatic hydroxyl groups is 1. The van der Waals surface area contributed by atoms with Gasteiger partial charge in [0, 0.05) is 24.8 Å². The Kier molecular flexibility index (Phi) is 6.55. The first-order valence-electron chi connectivity index (χ1n) is 14.1. The van der Waals surface area contributed by atoms with E-state index in [-0.39, 0.29) is 11.4 Å². The molecule has 2 bridgehead atoms. The van der Waals surface area contributed by atoms with Crippen LogP contribution in [0.15, 0.2) is 23.8 Å². The minimum absolute atomic E-state index is 0.132. The summed E-state index contributed by atoms with van der Waals surface area (Å²) in [7, 11) is 0. The minimum atomic E-state index is -1.30. The Morgan fingerprint density at radius 1 is 1.03 bits per heavy atom. The molecular formula is C30H46O6. The van der Waals surface area contributed by atoms with Crippen LogP contribution in [0.2, 0.25) is 0 Å². The molecule has 0 aromatic heterocycles. The summed E-state index contributed by atoms with van der Waals surface area (Å²) in [5, 5.41) is 11.2. The van der Waals surface area contributed by atoms with Gasteiger partial charge in [-0.25, -0.2) is 4.79 Å². The van der Waals surface area contributed by atoms with Crippen LogP contribution in [-0.4, -0.2) is 47.1 Å². The van der Waals surface area contributed by atoms with Crippen LogP contribution in [0.3, 0.4) is 0 Å². The number of hydrogen-bond acceptors (Lipinski definition) is 6. The van der Waals surface area contributed by atoms with Gasteiger partial charge in [0.15, 0.2) is 5.79 Å². The molecule has 5 saturated heterocycles. The zero-order valence-electron chi connectivity index (χ0n) is 23.0. The molecule has 0 aromatic rings. The Morgan fingerprint density at radius 3 is 2.44 bits per heavy atom. The fourth-order valence-corrected chi connectivity index (χ4v) is 7.79. The van der Waals surface area contributed by atoms with Gasteiger partial charge < -0.3 is 24.1 Å². The van der Waals surface area contributed by atoms with Crippen molar-refractivity contribution in [2.45, 2.75) is 122 Å². The van der Waals surface area contributed by atoms with Crippen LogP contribution < -0.4 is 0 Å². The molecule has 5 heterocycles. The molecule has 6 fully saturated rings. The third-order valence-corrected chi connectivity index (χ3v) is 10.6. The maximum Gasteiger partial charge on any atom is 0.333 e. The van der Waals surface area contributed by atoms with Crippen LogP contribution >= 0.6 is 0 Å². The third kappa shape index (κ3) is 4.20. The summed E-state index contributed by atoms with van der Waals surface area (Å²) < 4.78 is 24.4. The number of allylic oxidation sites excluding steroid dienone is 2. The molecule has 6 rings (SSSR count). The summed E-state index contributed by atoms with van der Waals surface area (Å²) in [5.41, 5.74) is 1.00. The van der Waals surface area contributed by atoms with Gasteiger partial charge in [0.25, 0.3) is 0 Å². The first-order valence-corrected chi connectivity index (χ1v) is 14.1. The molecule has 6 atom stereocenters. The topological polar surface area (TPSA) is 74.2 Å². The highest BCUT2D eigenvalue weighted by Gasteiger charge is 2.71. The SMILES string of the molecule is C=C1CCC(CCC2CCC3(OC2)OC2(O)CCC3(C)OC2(C)C)C(C)(C)C1C/C=C1/CCOC1=O. The molecular weight excluding hydrogens is 456 g/mol. The molecule has 1 spiro atoms. The molecule has 1 N–H and O–H groups in total. The summed E-state index contributed by atoms with van der Waals surface area (Å²) >= 11 is 0. The number of carbonyl (C=O) groups is 1. The third-order valence-electron chi connectivity index (χ3n) is 10.6. The number of fused-ring (bicyclic) bond motifs is 2. The summed E-state index contributed by atoms with van der Waals surface area (Å²) in [6.45, 7) is 16.3. The largest absolute Gasteiger partial charge is 0.462 e. The van der Waals surface area contributed by atoms with Gasteiger partial charge >= 0.3 is 5.97 Å². The molecule has 0 aromatic carbocycles. The standard InChI is InChI=1S/C30H46O6/c1-20-7-10-23(26(2,3)24(20)12-9-22-14-18-33-25(22)31)11-8-21-13-15-30(34-19-21)28(6)16-17-29(32,36-30)27(4,5)35-28/h9,21,23-24,32H,1,7-8,10-19H2,2-6H3/b22-9-. The van der Waals surface area contributed by atoms with Crippen LogP contribution in [0.1, 0.15) is 98.8 Å². The summed E-state index contributed by atoms with van der Waals surface area (Å²) in [5.74, 6) is -0.816. The number of rotatable bonds is 5. The first-order chi connectivity index (χ1) is 16.8. The lowest BCUT2D eigenvalue weighted by Gasteiger charge is -2.66. The van der Waals surface area contributed by atoms with E-state index in [1.54, 1.807) is 0 Å². The average molecular weight is 503 g/mol. The van der Waals surface area contributed by atoms with E-state index in [2.05, 4.69) is 33.4 Å². The van der Waals surface area contributed by atoms with Gasteiger partial charge in [0.05, 0.1) is 13.2 Å². The van der Waals surface area contributed by atoms with E-state index < -0.39 is 22.8 Å². The smallest absolute Gasteiger partial charge is 0.333 e. The lowest BCUT2D eigenvalue weighted by Crippen LogP contribution is -2.78. The highest BCUT2D eigenvalue weighted by atomic mass is 16.8. The van der Waals surface area contributed by atoms with E-state index in [0.717, 1.165) is 50.5 Å². The van der Waals surface area contributed by atoms with Crippen LogP contribution in [0.5, 0.6) is 0 Å². The van der Waals surface area contributed by atoms with Crippen LogP contribution in [0, 0.1) is 23.2 Å². The predicted molar refractivity (Wildman–Crippen MR) is 137 cm³/mol. The number of ether oxygens (including phenoxy) is 4. The van der Waals surface area contributed by atoms with Crippen LogP contribution in [0.4, 0.5) is 0 Å². The summed E-state index contributed by atoms with van der Waals surface area (Å²) in [6, 6.07) is 0. The normalized spacial score (nSPS) is 44.8. The molecule has 0 amide bonds. The second-order valence-corrected chi connectivity index (χ2v) is 13.4. The number of esters is 1. The molecule has 0 radical (unpaired) electrons. The highest BCUT2D eigenvalue weighted by Crippen LogP contribution is 2.59. The van der Waals surface area contributed by atoms with Crippen molar-refractivity contribution in [3.05, 3.63) is 23.8 Å². The number of carbonyl (C=O) groups excluding carboxylic acids is 1. The molecule has 6 heteroatoms. The quantitative estimate of drug-likeness (QED) is 0.290. The van der Waals surface area contributed by atoms with Crippen molar-refractivity contribution in [3.63, 3.8) is 0 Å². The Hall–Kier alpha value is -1.21. The Bertz CT molecular complexity index is 926. The Labute approximate surface area is 216 Å². The molecule has 5 aliphatic heterocycles. The fourth-order valence-electron chi connectivity index (χ4n) is 7.79. The second kappa shape index (κ2) is 8.93. The van der Waals surface area contributed by atoms with E-state index in [1.165, 1.54) is 18.4 Å². The van der Waals surface area contributed by atoms with Crippen molar-refractivity contribution in [2.24, 2.45) is 23.2 Å². The molecule has 36 heavy (non-hydrogen) atoms. The predicted octanol–water partition coefficient (Wildman–Crippen LogP) is 5.83. The monoisotopic (exact) mass is 502 g/mol. The van der Waals surface area contributed by atoms with Crippen molar-refractivity contribution in [1.82, 2.24) is 0 Å². The molecule has 6 aliphatic rings. The lowest BCUT2D eigenvalue weighted by atomic mass is 9.58. The molecule has 1 saturated carbocycles. The van der Waals surface area contributed by atoms with Gasteiger partial charge in [-0.2, -0.15) is 0 Å². The lowest BCUT2D eigenvalue weighted by molar-refractivity contribution is -0.522. The fraction of sp³-hybridized carbons (Fsp3) is 0.833. The van der Waals surface area contributed by atoms with Crippen molar-refractivity contribution in [2.75, 3.05) is 13.2 Å². The zero-order valence-corrected chi connectivity index (χ0v) is 23.0. The molecule has 202 valence electrons. The van der Waals surface area contributed by atoms with Crippen LogP contribution in [0.25, 0.3) is 0 Å². The van der Waals surface area contributed by atoms with Gasteiger partial charge in [0.2, 0.25) is 5.79 Å². The van der Waals surface area contributed by atoms with E-state index in [0.29, 0.717) is 37.4 Å². The van der Waals surface area contributed by atoms with E-state index in [4.69, 9.17) is 18.9 Å². The maximum atomic E-state index is 11.9. The zero-order chi connectivity index (χ0) is 26.0. The van der Waals surface area contributed by atoms with Gasteiger partial charge in [-0.05, 0) is 88.9 Å². The Morgan fingerprint density at radius 2 is 1.81 bits per heavy atom. The van der Waals surface area contributed by atoms with Crippen molar-refractivity contribution < 1.29 is 28.8 Å². The van der Waals surface area contributed by atoms with Gasteiger partial charge in [-0.3, -0.25) is 0 Å². The van der Waals surface area contributed by atoms with Gasteiger partial charge in [-0.1, -0.05) is 32.1 Å². The number of hydrogen-bond donors (Lipinski definition) is 1. The van der Waals surface area contributed by atoms with E-state index in [1.807, 2.05) is 13.8 Å². The highest BCUT2D eigenvalue weighted by molar-refractivity contribution is 5.90. The first kappa shape index (κ1) is 26.4. The molecule has 6 unspecified atom stereocenters. The summed E-state index contributed by atoms with van der Waals surface area (Å²) in [6.07, 6.45) is 11.3. The second-order valence-electron chi connectivity index (χ2n) is 13.4. The van der Waals surface area contributed by atoms with Gasteiger partial charge in [0.1, 0.15) is 11.2 Å².